The van der Waals surface area contributed by atoms with Crippen LogP contribution in [0.15, 0.2) is 39.3 Å². The average Bonchev–Trinajstić information content (AvgIpc) is 3.25. The molecule has 0 amide bonds. The second-order valence-corrected chi connectivity index (χ2v) is 5.93. The predicted octanol–water partition coefficient (Wildman–Crippen LogP) is 3.28. The highest BCUT2D eigenvalue weighted by Crippen LogP contribution is 2.29. The molecule has 26 heavy (non-hydrogen) atoms. The third kappa shape index (κ3) is 2.65. The van der Waals surface area contributed by atoms with E-state index in [4.69, 9.17) is 19.2 Å². The third-order valence-corrected chi connectivity index (χ3v) is 4.09. The van der Waals surface area contributed by atoms with E-state index < -0.39 is 12.1 Å². The lowest BCUT2D eigenvalue weighted by Gasteiger charge is -2.05. The summed E-state index contributed by atoms with van der Waals surface area (Å²) in [5.41, 5.74) is 3.34. The summed E-state index contributed by atoms with van der Waals surface area (Å²) in [6.07, 6.45) is -1.89. The van der Waals surface area contributed by atoms with Crippen LogP contribution in [0.4, 0.5) is 4.39 Å². The van der Waals surface area contributed by atoms with Gasteiger partial charge in [-0.15, -0.1) is 0 Å². The van der Waals surface area contributed by atoms with Crippen LogP contribution >= 0.6 is 0 Å². The van der Waals surface area contributed by atoms with Crippen molar-refractivity contribution >= 4 is 11.1 Å². The molecular weight excluding hydrogens is 341 g/mol. The third-order valence-electron chi connectivity index (χ3n) is 4.09. The minimum atomic E-state index is -1.89. The molecule has 8 heteroatoms. The molecule has 7 nitrogen and oxygen atoms in total. The van der Waals surface area contributed by atoms with Crippen LogP contribution in [0.1, 0.15) is 23.0 Å². The first-order chi connectivity index (χ1) is 12.4. The quantitative estimate of drug-likeness (QED) is 0.543. The minimum absolute atomic E-state index is 0.0710. The van der Waals surface area contributed by atoms with Gasteiger partial charge in [0.1, 0.15) is 11.3 Å². The van der Waals surface area contributed by atoms with Gasteiger partial charge in [0.2, 0.25) is 5.82 Å². The van der Waals surface area contributed by atoms with Gasteiger partial charge in [0.05, 0.1) is 0 Å². The molecule has 0 aliphatic rings. The van der Waals surface area contributed by atoms with Crippen molar-refractivity contribution in [3.63, 3.8) is 0 Å². The van der Waals surface area contributed by atoms with Gasteiger partial charge in [-0.2, -0.15) is 4.98 Å². The summed E-state index contributed by atoms with van der Waals surface area (Å²) in [4.78, 5) is 8.60. The van der Waals surface area contributed by atoms with Crippen LogP contribution in [0.3, 0.4) is 0 Å². The number of aliphatic hydroxyl groups excluding tert-OH is 1. The van der Waals surface area contributed by atoms with Crippen molar-refractivity contribution in [1.29, 1.82) is 0 Å². The zero-order valence-electron chi connectivity index (χ0n) is 13.9. The number of hydrogen-bond donors (Lipinski definition) is 2. The molecule has 4 rings (SSSR count). The molecule has 0 spiro atoms. The van der Waals surface area contributed by atoms with E-state index in [9.17, 15) is 4.39 Å². The highest BCUT2D eigenvalue weighted by Gasteiger charge is 2.19. The topological polar surface area (TPSA) is 105 Å². The zero-order chi connectivity index (χ0) is 18.4. The molecule has 2 heterocycles. The normalized spacial score (nSPS) is 11.6. The van der Waals surface area contributed by atoms with E-state index in [-0.39, 0.29) is 23.2 Å². The van der Waals surface area contributed by atoms with Crippen LogP contribution in [-0.4, -0.2) is 25.3 Å². The first-order valence-electron chi connectivity index (χ1n) is 7.81. The van der Waals surface area contributed by atoms with Gasteiger partial charge < -0.3 is 19.2 Å². The maximum absolute atomic E-state index is 13.9. The SMILES string of the molecule is Cc1ccc(C)c2oc(-c3nc(-c4ccc(C(O)O)c(F)c4)no3)nc12. The van der Waals surface area contributed by atoms with Crippen molar-refractivity contribution in [1.82, 2.24) is 15.1 Å². The van der Waals surface area contributed by atoms with Crippen LogP contribution in [0.25, 0.3) is 34.3 Å². The Balaban J connectivity index is 1.74. The second kappa shape index (κ2) is 6.01. The van der Waals surface area contributed by atoms with E-state index in [1.54, 1.807) is 0 Å². The molecule has 0 atom stereocenters. The molecule has 132 valence electrons. The van der Waals surface area contributed by atoms with Gasteiger partial charge in [-0.05, 0) is 31.0 Å². The lowest BCUT2D eigenvalue weighted by molar-refractivity contribution is -0.0449. The molecule has 0 aliphatic heterocycles. The van der Waals surface area contributed by atoms with Crippen LogP contribution in [0.2, 0.25) is 0 Å². The number of nitrogens with zero attached hydrogens (tertiary/aromatic N) is 3. The first-order valence-corrected chi connectivity index (χ1v) is 7.81. The molecule has 0 fully saturated rings. The molecule has 0 saturated heterocycles. The van der Waals surface area contributed by atoms with Gasteiger partial charge >= 0.3 is 5.89 Å². The number of rotatable bonds is 3. The van der Waals surface area contributed by atoms with Crippen molar-refractivity contribution in [2.75, 3.05) is 0 Å². The standard InChI is InChI=1S/C18H14FN3O4/c1-8-3-4-9(2)14-13(8)20-16(25-14)17-21-15(22-26-17)10-5-6-11(18(23)24)12(19)7-10/h3-7,18,23-24H,1-2H3. The molecule has 0 aliphatic carbocycles. The van der Waals surface area contributed by atoms with E-state index in [1.807, 2.05) is 26.0 Å². The Morgan fingerprint density at radius 1 is 1.00 bits per heavy atom. The molecule has 0 unspecified atom stereocenters. The van der Waals surface area contributed by atoms with E-state index in [0.717, 1.165) is 17.2 Å². The number of oxazole rings is 1. The summed E-state index contributed by atoms with van der Waals surface area (Å²) in [6.45, 7) is 3.84. The first kappa shape index (κ1) is 16.4. The maximum Gasteiger partial charge on any atom is 0.314 e. The Bertz CT molecular complexity index is 1080. The summed E-state index contributed by atoms with van der Waals surface area (Å²) < 4.78 is 24.8. The number of benzene rings is 2. The number of fused-ring (bicyclic) bond motifs is 1. The van der Waals surface area contributed by atoms with Gasteiger partial charge in [-0.3, -0.25) is 0 Å². The average molecular weight is 355 g/mol. The largest absolute Gasteiger partial charge is 0.432 e. The van der Waals surface area contributed by atoms with E-state index >= 15 is 0 Å². The van der Waals surface area contributed by atoms with Crippen molar-refractivity contribution < 1.29 is 23.5 Å². The molecule has 2 N–H and O–H groups in total. The molecular formula is C18H14FN3O4. The van der Waals surface area contributed by atoms with E-state index in [2.05, 4.69) is 15.1 Å². The minimum Gasteiger partial charge on any atom is -0.432 e. The zero-order valence-corrected chi connectivity index (χ0v) is 13.9. The lowest BCUT2D eigenvalue weighted by atomic mass is 10.1. The van der Waals surface area contributed by atoms with Crippen LogP contribution in [-0.2, 0) is 0 Å². The van der Waals surface area contributed by atoms with Crippen molar-refractivity contribution in [3.05, 3.63) is 52.8 Å². The van der Waals surface area contributed by atoms with Crippen LogP contribution < -0.4 is 0 Å². The molecule has 2 aromatic heterocycles. The van der Waals surface area contributed by atoms with Crippen molar-refractivity contribution in [3.8, 4) is 23.2 Å². The van der Waals surface area contributed by atoms with E-state index in [0.29, 0.717) is 16.7 Å². The summed E-state index contributed by atoms with van der Waals surface area (Å²) in [7, 11) is 0. The number of aliphatic hydroxyl groups is 2. The number of aromatic nitrogens is 3. The fourth-order valence-electron chi connectivity index (χ4n) is 2.65. The molecule has 4 aromatic rings. The van der Waals surface area contributed by atoms with Gasteiger partial charge in [0, 0.05) is 11.1 Å². The fraction of sp³-hybridized carbons (Fsp3) is 0.167. The van der Waals surface area contributed by atoms with Gasteiger partial charge in [-0.1, -0.05) is 29.4 Å². The Hall–Kier alpha value is -3.10. The van der Waals surface area contributed by atoms with Gasteiger partial charge in [0.15, 0.2) is 11.9 Å². The summed E-state index contributed by atoms with van der Waals surface area (Å²) in [5, 5.41) is 22.0. The highest BCUT2D eigenvalue weighted by atomic mass is 19.1. The molecule has 0 saturated carbocycles. The van der Waals surface area contributed by atoms with Crippen LogP contribution in [0.5, 0.6) is 0 Å². The molecule has 2 aromatic carbocycles. The van der Waals surface area contributed by atoms with Gasteiger partial charge in [0.25, 0.3) is 5.89 Å². The summed E-state index contributed by atoms with van der Waals surface area (Å²) in [6, 6.07) is 7.70. The smallest absolute Gasteiger partial charge is 0.314 e. The number of halogens is 1. The Morgan fingerprint density at radius 2 is 1.77 bits per heavy atom. The van der Waals surface area contributed by atoms with E-state index in [1.165, 1.54) is 12.1 Å². The monoisotopic (exact) mass is 355 g/mol. The summed E-state index contributed by atoms with van der Waals surface area (Å²) >= 11 is 0. The Morgan fingerprint density at radius 3 is 2.46 bits per heavy atom. The Kier molecular flexibility index (Phi) is 3.78. The Labute approximate surface area is 146 Å². The number of hydrogen-bond acceptors (Lipinski definition) is 7. The molecule has 0 bridgehead atoms. The second-order valence-electron chi connectivity index (χ2n) is 5.93. The summed E-state index contributed by atoms with van der Waals surface area (Å²) in [5.74, 6) is -0.397. The van der Waals surface area contributed by atoms with Gasteiger partial charge in [-0.25, -0.2) is 9.37 Å². The highest BCUT2D eigenvalue weighted by molar-refractivity contribution is 5.81. The predicted molar refractivity (Wildman–Crippen MR) is 89.3 cm³/mol. The number of aryl methyl sites for hydroxylation is 2. The van der Waals surface area contributed by atoms with Crippen LogP contribution in [0, 0.1) is 19.7 Å². The van der Waals surface area contributed by atoms with Crippen molar-refractivity contribution in [2.24, 2.45) is 0 Å². The lowest BCUT2D eigenvalue weighted by Crippen LogP contribution is -1.99. The maximum atomic E-state index is 13.9. The molecule has 0 radical (unpaired) electrons. The van der Waals surface area contributed by atoms with Crippen molar-refractivity contribution in [2.45, 2.75) is 20.1 Å². The fourth-order valence-corrected chi connectivity index (χ4v) is 2.65.